The fourth-order valence-corrected chi connectivity index (χ4v) is 2.44. The Balaban J connectivity index is 2.69. The summed E-state index contributed by atoms with van der Waals surface area (Å²) in [6.07, 6.45) is 1.85. The van der Waals surface area contributed by atoms with Crippen LogP contribution in [-0.2, 0) is 9.59 Å². The molecule has 1 aliphatic heterocycles. The van der Waals surface area contributed by atoms with Gasteiger partial charge in [0.2, 0.25) is 6.41 Å². The lowest BCUT2D eigenvalue weighted by molar-refractivity contribution is -0.145. The highest BCUT2D eigenvalue weighted by Crippen LogP contribution is 2.26. The molecule has 0 bridgehead atoms. The van der Waals surface area contributed by atoms with Crippen molar-refractivity contribution in [2.24, 2.45) is 0 Å². The molecular weight excluding hydrogens is 178 g/mol. The summed E-state index contributed by atoms with van der Waals surface area (Å²) in [4.78, 5) is 21.0. The Bertz CT molecular complexity index is 189. The van der Waals surface area contributed by atoms with Crippen molar-refractivity contribution in [2.75, 3.05) is 11.5 Å². The average Bonchev–Trinajstić information content (AvgIpc) is 2.06. The van der Waals surface area contributed by atoms with Crippen LogP contribution in [0.3, 0.4) is 0 Å². The lowest BCUT2D eigenvalue weighted by Gasteiger charge is -2.31. The van der Waals surface area contributed by atoms with Gasteiger partial charge < -0.3 is 10.4 Å². The lowest BCUT2D eigenvalue weighted by atomic mass is 9.96. The zero-order valence-corrected chi connectivity index (χ0v) is 7.39. The minimum Gasteiger partial charge on any atom is -0.479 e. The number of thioether (sulfide) groups is 1. The maximum absolute atomic E-state index is 10.8. The Morgan fingerprint density at radius 2 is 2.42 bits per heavy atom. The van der Waals surface area contributed by atoms with E-state index in [-0.39, 0.29) is 0 Å². The van der Waals surface area contributed by atoms with Crippen LogP contribution >= 0.6 is 11.8 Å². The van der Waals surface area contributed by atoms with Gasteiger partial charge in [-0.1, -0.05) is 0 Å². The predicted octanol–water partition coefficient (Wildman–Crippen LogP) is 0.0828. The number of amides is 1. The van der Waals surface area contributed by atoms with Gasteiger partial charge in [-0.15, -0.1) is 0 Å². The number of carboxylic acids is 1. The molecule has 1 aliphatic rings. The number of hydrogen-bond acceptors (Lipinski definition) is 3. The molecule has 1 saturated heterocycles. The Kier molecular flexibility index (Phi) is 2.97. The number of nitrogens with one attached hydrogen (secondary N) is 1. The molecule has 0 aliphatic carbocycles. The van der Waals surface area contributed by atoms with Gasteiger partial charge >= 0.3 is 5.97 Å². The molecule has 1 amide bonds. The van der Waals surface area contributed by atoms with Crippen LogP contribution in [0.2, 0.25) is 0 Å². The van der Waals surface area contributed by atoms with Crippen LogP contribution in [0.4, 0.5) is 0 Å². The van der Waals surface area contributed by atoms with E-state index in [1.54, 1.807) is 11.8 Å². The summed E-state index contributed by atoms with van der Waals surface area (Å²) < 4.78 is 0. The number of carbonyl (C=O) groups excluding carboxylic acids is 1. The fraction of sp³-hybridized carbons (Fsp3) is 0.714. The molecule has 0 saturated carbocycles. The van der Waals surface area contributed by atoms with Gasteiger partial charge in [-0.3, -0.25) is 4.79 Å². The SMILES string of the molecule is O=CNC1(C(=O)O)CCCSC1. The van der Waals surface area contributed by atoms with Gasteiger partial charge in [-0.25, -0.2) is 4.79 Å². The van der Waals surface area contributed by atoms with Crippen molar-refractivity contribution in [1.82, 2.24) is 5.32 Å². The van der Waals surface area contributed by atoms with Crippen LogP contribution in [0.25, 0.3) is 0 Å². The summed E-state index contributed by atoms with van der Waals surface area (Å²) in [6.45, 7) is 0. The summed E-state index contributed by atoms with van der Waals surface area (Å²) in [5, 5.41) is 11.3. The molecule has 1 unspecified atom stereocenters. The average molecular weight is 189 g/mol. The van der Waals surface area contributed by atoms with Crippen molar-refractivity contribution in [1.29, 1.82) is 0 Å². The Labute approximate surface area is 74.7 Å². The quantitative estimate of drug-likeness (QED) is 0.617. The zero-order chi connectivity index (χ0) is 9.03. The first-order chi connectivity index (χ1) is 5.71. The van der Waals surface area contributed by atoms with Crippen molar-refractivity contribution < 1.29 is 14.7 Å². The van der Waals surface area contributed by atoms with Crippen LogP contribution in [-0.4, -0.2) is 34.5 Å². The van der Waals surface area contributed by atoms with Gasteiger partial charge in [0.15, 0.2) is 0 Å². The molecule has 1 fully saturated rings. The molecule has 1 atom stereocenters. The van der Waals surface area contributed by atoms with Crippen molar-refractivity contribution >= 4 is 24.1 Å². The highest BCUT2D eigenvalue weighted by Gasteiger charge is 2.39. The van der Waals surface area contributed by atoms with Crippen molar-refractivity contribution in [3.05, 3.63) is 0 Å². The first kappa shape index (κ1) is 9.38. The molecule has 4 nitrogen and oxygen atoms in total. The van der Waals surface area contributed by atoms with E-state index >= 15 is 0 Å². The molecule has 0 aromatic carbocycles. The van der Waals surface area contributed by atoms with Crippen molar-refractivity contribution in [2.45, 2.75) is 18.4 Å². The number of hydrogen-bond donors (Lipinski definition) is 2. The Hall–Kier alpha value is -0.710. The third-order valence-corrected chi connectivity index (χ3v) is 3.26. The highest BCUT2D eigenvalue weighted by molar-refractivity contribution is 7.99. The smallest absolute Gasteiger partial charge is 0.330 e. The van der Waals surface area contributed by atoms with E-state index in [1.165, 1.54) is 0 Å². The highest BCUT2D eigenvalue weighted by atomic mass is 32.2. The molecule has 1 rings (SSSR count). The van der Waals surface area contributed by atoms with Gasteiger partial charge in [0.25, 0.3) is 0 Å². The lowest BCUT2D eigenvalue weighted by Crippen LogP contribution is -2.55. The molecule has 0 spiro atoms. The van der Waals surface area contributed by atoms with Gasteiger partial charge in [-0.2, -0.15) is 11.8 Å². The monoisotopic (exact) mass is 189 g/mol. The standard InChI is InChI=1S/C7H11NO3S/c9-5-8-7(6(10)11)2-1-3-12-4-7/h5H,1-4H2,(H,8,9)(H,10,11). The molecule has 0 radical (unpaired) electrons. The summed E-state index contributed by atoms with van der Waals surface area (Å²) in [6, 6.07) is 0. The van der Waals surface area contributed by atoms with Crippen molar-refractivity contribution in [3.63, 3.8) is 0 Å². The fourth-order valence-electron chi connectivity index (χ4n) is 1.25. The Morgan fingerprint density at radius 1 is 1.67 bits per heavy atom. The normalized spacial score (nSPS) is 29.3. The second-order valence-electron chi connectivity index (χ2n) is 2.81. The summed E-state index contributed by atoms with van der Waals surface area (Å²) in [7, 11) is 0. The molecule has 5 heteroatoms. The van der Waals surface area contributed by atoms with Crippen LogP contribution in [0.5, 0.6) is 0 Å². The van der Waals surface area contributed by atoms with Gasteiger partial charge in [0, 0.05) is 5.75 Å². The first-order valence-electron chi connectivity index (χ1n) is 3.74. The summed E-state index contributed by atoms with van der Waals surface area (Å²) >= 11 is 1.57. The Morgan fingerprint density at radius 3 is 2.83 bits per heavy atom. The largest absolute Gasteiger partial charge is 0.479 e. The van der Waals surface area contributed by atoms with E-state index in [1.807, 2.05) is 0 Å². The number of carboxylic acid groups (broad SMARTS) is 1. The number of rotatable bonds is 3. The molecule has 68 valence electrons. The van der Waals surface area contributed by atoms with E-state index in [4.69, 9.17) is 5.11 Å². The topological polar surface area (TPSA) is 66.4 Å². The number of aliphatic carboxylic acids is 1. The second-order valence-corrected chi connectivity index (χ2v) is 3.91. The van der Waals surface area contributed by atoms with Gasteiger partial charge in [0.05, 0.1) is 0 Å². The maximum atomic E-state index is 10.8. The summed E-state index contributed by atoms with van der Waals surface area (Å²) in [5.41, 5.74) is -1.01. The predicted molar refractivity (Wildman–Crippen MR) is 46.1 cm³/mol. The van der Waals surface area contributed by atoms with E-state index in [0.717, 1.165) is 12.2 Å². The van der Waals surface area contributed by atoms with Gasteiger partial charge in [-0.05, 0) is 18.6 Å². The van der Waals surface area contributed by atoms with E-state index in [2.05, 4.69) is 5.32 Å². The van der Waals surface area contributed by atoms with Crippen LogP contribution in [0.15, 0.2) is 0 Å². The molecule has 2 N–H and O–H groups in total. The minimum atomic E-state index is -1.01. The molecule has 12 heavy (non-hydrogen) atoms. The molecular formula is C7H11NO3S. The zero-order valence-electron chi connectivity index (χ0n) is 6.58. The van der Waals surface area contributed by atoms with Crippen LogP contribution in [0.1, 0.15) is 12.8 Å². The first-order valence-corrected chi connectivity index (χ1v) is 4.89. The second kappa shape index (κ2) is 3.80. The van der Waals surface area contributed by atoms with Crippen LogP contribution < -0.4 is 5.32 Å². The van der Waals surface area contributed by atoms with E-state index in [9.17, 15) is 9.59 Å². The summed E-state index contributed by atoms with van der Waals surface area (Å²) in [5.74, 6) is 0.526. The molecule has 0 aromatic heterocycles. The molecule has 0 aromatic rings. The number of carbonyl (C=O) groups is 2. The van der Waals surface area contributed by atoms with E-state index in [0.29, 0.717) is 18.6 Å². The maximum Gasteiger partial charge on any atom is 0.330 e. The third-order valence-electron chi connectivity index (χ3n) is 1.99. The van der Waals surface area contributed by atoms with Crippen LogP contribution in [0, 0.1) is 0 Å². The minimum absolute atomic E-state index is 0.472. The van der Waals surface area contributed by atoms with Crippen molar-refractivity contribution in [3.8, 4) is 0 Å². The molecule has 1 heterocycles. The third kappa shape index (κ3) is 1.72. The van der Waals surface area contributed by atoms with E-state index < -0.39 is 11.5 Å². The van der Waals surface area contributed by atoms with Gasteiger partial charge in [0.1, 0.15) is 5.54 Å².